The van der Waals surface area contributed by atoms with Crippen LogP contribution in [0.25, 0.3) is 0 Å². The molecule has 0 unspecified atom stereocenters. The van der Waals surface area contributed by atoms with Crippen molar-refractivity contribution in [1.29, 1.82) is 0 Å². The summed E-state index contributed by atoms with van der Waals surface area (Å²) in [5, 5.41) is 10.8. The molecule has 0 radical (unpaired) electrons. The summed E-state index contributed by atoms with van der Waals surface area (Å²) in [6.07, 6.45) is 0.535. The number of aryl methyl sites for hydroxylation is 2. The van der Waals surface area contributed by atoms with E-state index in [9.17, 15) is 0 Å². The molecule has 0 aliphatic carbocycles. The molecular weight excluding hydrogens is 278 g/mol. The molecule has 1 heterocycles. The Bertz CT molecular complexity index is 663. The van der Waals surface area contributed by atoms with Crippen LogP contribution in [0.1, 0.15) is 28.0 Å². The Morgan fingerprint density at radius 3 is 2.76 bits per heavy atom. The summed E-state index contributed by atoms with van der Waals surface area (Å²) >= 11 is 1.73. The molecule has 0 saturated carbocycles. The van der Waals surface area contributed by atoms with Gasteiger partial charge in [0.25, 0.3) is 0 Å². The van der Waals surface area contributed by atoms with E-state index >= 15 is 0 Å². The van der Waals surface area contributed by atoms with E-state index in [4.69, 9.17) is 5.11 Å². The highest BCUT2D eigenvalue weighted by molar-refractivity contribution is 7.10. The zero-order chi connectivity index (χ0) is 15.2. The van der Waals surface area contributed by atoms with Gasteiger partial charge in [0.2, 0.25) is 0 Å². The minimum absolute atomic E-state index is 0.124. The molecule has 0 amide bonds. The standard InChI is InChI=1S/C18H21NOS/c1-14-7-8-18(15(2)10-14)19(3)12-17-11-16(13-21-17)6-4-5-9-20/h7-8,10-11,13,20H,5,9,12H2,1-3H3. The van der Waals surface area contributed by atoms with Gasteiger partial charge in [-0.05, 0) is 31.5 Å². The third-order valence-corrected chi connectivity index (χ3v) is 4.20. The van der Waals surface area contributed by atoms with Gasteiger partial charge in [-0.25, -0.2) is 0 Å². The molecule has 110 valence electrons. The number of nitrogens with zero attached hydrogens (tertiary/aromatic N) is 1. The second-order valence-corrected chi connectivity index (χ2v) is 6.22. The lowest BCUT2D eigenvalue weighted by Gasteiger charge is -2.21. The molecule has 2 rings (SSSR count). The zero-order valence-electron chi connectivity index (χ0n) is 12.8. The van der Waals surface area contributed by atoms with Crippen LogP contribution < -0.4 is 4.90 Å². The fraction of sp³-hybridized carbons (Fsp3) is 0.333. The van der Waals surface area contributed by atoms with Gasteiger partial charge in [0.05, 0.1) is 13.2 Å². The average Bonchev–Trinajstić information content (AvgIpc) is 2.86. The van der Waals surface area contributed by atoms with Crippen LogP contribution in [0.3, 0.4) is 0 Å². The van der Waals surface area contributed by atoms with Gasteiger partial charge in [0, 0.05) is 35.0 Å². The number of benzene rings is 1. The van der Waals surface area contributed by atoms with Crippen molar-refractivity contribution in [1.82, 2.24) is 0 Å². The van der Waals surface area contributed by atoms with E-state index in [0.29, 0.717) is 6.42 Å². The Balaban J connectivity index is 2.06. The lowest BCUT2D eigenvalue weighted by atomic mass is 10.1. The first kappa shape index (κ1) is 15.6. The number of hydrogen-bond donors (Lipinski definition) is 1. The summed E-state index contributed by atoms with van der Waals surface area (Å²) in [7, 11) is 2.12. The van der Waals surface area contributed by atoms with E-state index in [1.165, 1.54) is 21.7 Å². The number of aliphatic hydroxyl groups excluding tert-OH is 1. The van der Waals surface area contributed by atoms with Crippen LogP contribution in [-0.2, 0) is 6.54 Å². The van der Waals surface area contributed by atoms with Crippen molar-refractivity contribution in [2.24, 2.45) is 0 Å². The minimum atomic E-state index is 0.124. The van der Waals surface area contributed by atoms with Crippen molar-refractivity contribution in [3.05, 3.63) is 51.2 Å². The molecule has 2 nitrogen and oxygen atoms in total. The zero-order valence-corrected chi connectivity index (χ0v) is 13.6. The van der Waals surface area contributed by atoms with Crippen molar-refractivity contribution in [3.63, 3.8) is 0 Å². The second-order valence-electron chi connectivity index (χ2n) is 5.22. The SMILES string of the molecule is Cc1ccc(N(C)Cc2cc(C#CCCO)cs2)c(C)c1. The predicted octanol–water partition coefficient (Wildman–Crippen LogP) is 3.74. The van der Waals surface area contributed by atoms with Crippen molar-refractivity contribution in [2.75, 3.05) is 18.6 Å². The number of thiophene rings is 1. The second kappa shape index (κ2) is 7.31. The average molecular weight is 299 g/mol. The van der Waals surface area contributed by atoms with Crippen LogP contribution in [-0.4, -0.2) is 18.8 Å². The van der Waals surface area contributed by atoms with Gasteiger partial charge in [0.15, 0.2) is 0 Å². The van der Waals surface area contributed by atoms with Crippen LogP contribution in [0.2, 0.25) is 0 Å². The summed E-state index contributed by atoms with van der Waals surface area (Å²) in [5.74, 6) is 6.04. The fourth-order valence-electron chi connectivity index (χ4n) is 2.30. The van der Waals surface area contributed by atoms with Crippen molar-refractivity contribution in [2.45, 2.75) is 26.8 Å². The molecule has 21 heavy (non-hydrogen) atoms. The molecule has 0 spiro atoms. The molecule has 1 aromatic carbocycles. The highest BCUT2D eigenvalue weighted by atomic mass is 32.1. The molecule has 0 saturated heterocycles. The van der Waals surface area contributed by atoms with Crippen molar-refractivity contribution >= 4 is 17.0 Å². The normalized spacial score (nSPS) is 10.1. The topological polar surface area (TPSA) is 23.5 Å². The van der Waals surface area contributed by atoms with Crippen molar-refractivity contribution < 1.29 is 5.11 Å². The monoisotopic (exact) mass is 299 g/mol. The lowest BCUT2D eigenvalue weighted by molar-refractivity contribution is 0.305. The van der Waals surface area contributed by atoms with Gasteiger partial charge in [0.1, 0.15) is 0 Å². The van der Waals surface area contributed by atoms with E-state index in [-0.39, 0.29) is 6.61 Å². The van der Waals surface area contributed by atoms with Crippen molar-refractivity contribution in [3.8, 4) is 11.8 Å². The first-order chi connectivity index (χ1) is 10.1. The molecule has 1 N–H and O–H groups in total. The van der Waals surface area contributed by atoms with Crippen LogP contribution in [0.5, 0.6) is 0 Å². The van der Waals surface area contributed by atoms with E-state index in [0.717, 1.165) is 12.1 Å². The van der Waals surface area contributed by atoms with Crippen LogP contribution in [0.15, 0.2) is 29.6 Å². The number of anilines is 1. The third kappa shape index (κ3) is 4.35. The van der Waals surface area contributed by atoms with Crippen LogP contribution in [0, 0.1) is 25.7 Å². The Hall–Kier alpha value is -1.76. The number of hydrogen-bond acceptors (Lipinski definition) is 3. The summed E-state index contributed by atoms with van der Waals surface area (Å²) in [5.41, 5.74) is 4.90. The maximum atomic E-state index is 8.73. The predicted molar refractivity (Wildman–Crippen MR) is 90.9 cm³/mol. The summed E-state index contributed by atoms with van der Waals surface area (Å²) in [6.45, 7) is 5.28. The Kier molecular flexibility index (Phi) is 5.44. The van der Waals surface area contributed by atoms with Crippen LogP contribution in [0.4, 0.5) is 5.69 Å². The Morgan fingerprint density at radius 2 is 2.05 bits per heavy atom. The van der Waals surface area contributed by atoms with Gasteiger partial charge in [-0.2, -0.15) is 0 Å². The fourth-order valence-corrected chi connectivity index (χ4v) is 3.17. The van der Waals surface area contributed by atoms with Gasteiger partial charge in [-0.1, -0.05) is 29.5 Å². The molecule has 2 aromatic rings. The molecular formula is C18H21NOS. The van der Waals surface area contributed by atoms with Crippen LogP contribution >= 0.6 is 11.3 Å². The molecule has 0 bridgehead atoms. The van der Waals surface area contributed by atoms with Gasteiger partial charge in [-0.3, -0.25) is 0 Å². The van der Waals surface area contributed by atoms with Gasteiger partial charge in [-0.15, -0.1) is 11.3 Å². The van der Waals surface area contributed by atoms with Gasteiger partial charge < -0.3 is 10.0 Å². The summed E-state index contributed by atoms with van der Waals surface area (Å²) < 4.78 is 0. The third-order valence-electron chi connectivity index (χ3n) is 3.28. The van der Waals surface area contributed by atoms with E-state index in [2.05, 4.69) is 67.3 Å². The van der Waals surface area contributed by atoms with E-state index < -0.39 is 0 Å². The summed E-state index contributed by atoms with van der Waals surface area (Å²) in [6, 6.07) is 8.68. The molecule has 1 aromatic heterocycles. The largest absolute Gasteiger partial charge is 0.395 e. The maximum absolute atomic E-state index is 8.73. The minimum Gasteiger partial charge on any atom is -0.395 e. The smallest absolute Gasteiger partial charge is 0.0540 e. The summed E-state index contributed by atoms with van der Waals surface area (Å²) in [4.78, 5) is 3.57. The Labute approximate surface area is 131 Å². The molecule has 0 aliphatic rings. The van der Waals surface area contributed by atoms with E-state index in [1.807, 2.05) is 0 Å². The van der Waals surface area contributed by atoms with E-state index in [1.54, 1.807) is 11.3 Å². The highest BCUT2D eigenvalue weighted by Gasteiger charge is 2.07. The quantitative estimate of drug-likeness (QED) is 0.870. The lowest BCUT2D eigenvalue weighted by Crippen LogP contribution is -2.16. The van der Waals surface area contributed by atoms with Gasteiger partial charge >= 0.3 is 0 Å². The number of rotatable bonds is 4. The highest BCUT2D eigenvalue weighted by Crippen LogP contribution is 2.23. The number of aliphatic hydroxyl groups is 1. The molecule has 0 aliphatic heterocycles. The first-order valence-corrected chi connectivity index (χ1v) is 7.93. The Morgan fingerprint density at radius 1 is 1.24 bits per heavy atom. The first-order valence-electron chi connectivity index (χ1n) is 7.05. The molecule has 0 fully saturated rings. The maximum Gasteiger partial charge on any atom is 0.0540 e. The molecule has 3 heteroatoms. The molecule has 0 atom stereocenters.